The Hall–Kier alpha value is -0.310. The SMILES string of the molecule is CCOC(=O)C1(c2cccc(C)c2)CCCCC1.[H-].[Na+]. The van der Waals surface area contributed by atoms with Gasteiger partial charge in [-0.1, -0.05) is 49.1 Å². The van der Waals surface area contributed by atoms with E-state index in [2.05, 4.69) is 25.1 Å². The van der Waals surface area contributed by atoms with Crippen LogP contribution in [0.5, 0.6) is 0 Å². The van der Waals surface area contributed by atoms with Crippen LogP contribution in [0.3, 0.4) is 0 Å². The van der Waals surface area contributed by atoms with Gasteiger partial charge in [-0.3, -0.25) is 4.79 Å². The summed E-state index contributed by atoms with van der Waals surface area (Å²) in [6.45, 7) is 4.42. The smallest absolute Gasteiger partial charge is 1.00 e. The van der Waals surface area contributed by atoms with Crippen molar-refractivity contribution in [2.24, 2.45) is 0 Å². The molecule has 0 amide bonds. The van der Waals surface area contributed by atoms with E-state index in [1.165, 1.54) is 12.0 Å². The summed E-state index contributed by atoms with van der Waals surface area (Å²) in [6, 6.07) is 8.34. The van der Waals surface area contributed by atoms with E-state index in [9.17, 15) is 4.79 Å². The molecular formula is C16H23NaO2. The van der Waals surface area contributed by atoms with Crippen LogP contribution in [0.1, 0.15) is 51.6 Å². The maximum atomic E-state index is 12.4. The van der Waals surface area contributed by atoms with E-state index in [0.717, 1.165) is 31.2 Å². The van der Waals surface area contributed by atoms with Crippen molar-refractivity contribution in [2.75, 3.05) is 6.61 Å². The van der Waals surface area contributed by atoms with Crippen molar-refractivity contribution < 1.29 is 40.5 Å². The molecule has 1 aromatic carbocycles. The monoisotopic (exact) mass is 270 g/mol. The topological polar surface area (TPSA) is 26.3 Å². The van der Waals surface area contributed by atoms with Crippen LogP contribution in [0.4, 0.5) is 0 Å². The average molecular weight is 270 g/mol. The third-order valence-electron chi connectivity index (χ3n) is 3.94. The number of ether oxygens (including phenoxy) is 1. The van der Waals surface area contributed by atoms with Crippen LogP contribution in [0, 0.1) is 6.92 Å². The molecule has 0 heterocycles. The largest absolute Gasteiger partial charge is 1.00 e. The van der Waals surface area contributed by atoms with Crippen LogP contribution in [0.25, 0.3) is 0 Å². The van der Waals surface area contributed by atoms with Crippen LogP contribution in [-0.2, 0) is 14.9 Å². The van der Waals surface area contributed by atoms with E-state index in [1.54, 1.807) is 0 Å². The number of carbonyl (C=O) groups excluding carboxylic acids is 1. The zero-order valence-corrected chi connectivity index (χ0v) is 14.4. The van der Waals surface area contributed by atoms with Gasteiger partial charge in [-0.05, 0) is 32.3 Å². The van der Waals surface area contributed by atoms with Crippen LogP contribution >= 0.6 is 0 Å². The molecule has 0 spiro atoms. The summed E-state index contributed by atoms with van der Waals surface area (Å²) < 4.78 is 5.34. The minimum absolute atomic E-state index is 0. The first-order valence-electron chi connectivity index (χ1n) is 6.93. The van der Waals surface area contributed by atoms with Crippen molar-refractivity contribution in [3.8, 4) is 0 Å². The van der Waals surface area contributed by atoms with Gasteiger partial charge in [-0.15, -0.1) is 0 Å². The molecule has 0 unspecified atom stereocenters. The number of esters is 1. The zero-order valence-electron chi connectivity index (χ0n) is 13.4. The molecule has 1 aliphatic rings. The number of hydrogen-bond acceptors (Lipinski definition) is 2. The number of hydrogen-bond donors (Lipinski definition) is 0. The molecule has 2 nitrogen and oxygen atoms in total. The van der Waals surface area contributed by atoms with E-state index in [1.807, 2.05) is 13.0 Å². The molecule has 0 N–H and O–H groups in total. The molecule has 0 saturated heterocycles. The van der Waals surface area contributed by atoms with Gasteiger partial charge in [0.15, 0.2) is 0 Å². The van der Waals surface area contributed by atoms with Crippen LogP contribution < -0.4 is 29.6 Å². The summed E-state index contributed by atoms with van der Waals surface area (Å²) in [5.74, 6) is -0.0321. The summed E-state index contributed by atoms with van der Waals surface area (Å²) in [7, 11) is 0. The number of carbonyl (C=O) groups is 1. The maximum absolute atomic E-state index is 12.4. The molecule has 0 radical (unpaired) electrons. The van der Waals surface area contributed by atoms with Crippen LogP contribution in [0.2, 0.25) is 0 Å². The predicted octanol–water partition coefficient (Wildman–Crippen LogP) is 0.877. The molecule has 19 heavy (non-hydrogen) atoms. The minimum atomic E-state index is -0.389. The van der Waals surface area contributed by atoms with Crippen LogP contribution in [-0.4, -0.2) is 12.6 Å². The Morgan fingerprint density at radius 3 is 2.58 bits per heavy atom. The van der Waals surface area contributed by atoms with Gasteiger partial charge in [0.1, 0.15) is 0 Å². The first kappa shape index (κ1) is 16.7. The molecule has 100 valence electrons. The first-order valence-corrected chi connectivity index (χ1v) is 6.93. The van der Waals surface area contributed by atoms with E-state index in [-0.39, 0.29) is 42.4 Å². The number of benzene rings is 1. The van der Waals surface area contributed by atoms with E-state index in [0.29, 0.717) is 6.61 Å². The molecule has 0 bridgehead atoms. The van der Waals surface area contributed by atoms with E-state index >= 15 is 0 Å². The number of aryl methyl sites for hydroxylation is 1. The van der Waals surface area contributed by atoms with Crippen molar-refractivity contribution in [1.82, 2.24) is 0 Å². The Morgan fingerprint density at radius 1 is 1.32 bits per heavy atom. The van der Waals surface area contributed by atoms with Gasteiger partial charge in [0.2, 0.25) is 0 Å². The second-order valence-corrected chi connectivity index (χ2v) is 5.23. The molecular weight excluding hydrogens is 247 g/mol. The second-order valence-electron chi connectivity index (χ2n) is 5.23. The quantitative estimate of drug-likeness (QED) is 0.602. The van der Waals surface area contributed by atoms with Crippen molar-refractivity contribution in [3.05, 3.63) is 35.4 Å². The zero-order chi connectivity index (χ0) is 13.0. The normalized spacial score (nSPS) is 17.4. The minimum Gasteiger partial charge on any atom is -1.00 e. The summed E-state index contributed by atoms with van der Waals surface area (Å²) in [4.78, 5) is 12.4. The van der Waals surface area contributed by atoms with Crippen molar-refractivity contribution in [3.63, 3.8) is 0 Å². The first-order chi connectivity index (χ1) is 8.69. The maximum Gasteiger partial charge on any atom is 1.00 e. The third kappa shape index (κ3) is 3.62. The summed E-state index contributed by atoms with van der Waals surface area (Å²) in [5, 5.41) is 0. The fourth-order valence-corrected chi connectivity index (χ4v) is 2.98. The fourth-order valence-electron chi connectivity index (χ4n) is 2.98. The Morgan fingerprint density at radius 2 is 2.00 bits per heavy atom. The summed E-state index contributed by atoms with van der Waals surface area (Å²) in [6.07, 6.45) is 5.32. The van der Waals surface area contributed by atoms with Gasteiger partial charge < -0.3 is 6.16 Å². The second kappa shape index (κ2) is 7.47. The van der Waals surface area contributed by atoms with Gasteiger partial charge in [0.25, 0.3) is 0 Å². The Kier molecular flexibility index (Phi) is 6.58. The average Bonchev–Trinajstić information content (AvgIpc) is 2.40. The fraction of sp³-hybridized carbons (Fsp3) is 0.562. The molecule has 1 saturated carbocycles. The van der Waals surface area contributed by atoms with Gasteiger partial charge in [0.05, 0.1) is 12.0 Å². The Balaban J connectivity index is 0.00000180. The molecule has 1 aromatic rings. The van der Waals surface area contributed by atoms with Crippen molar-refractivity contribution >= 4 is 5.97 Å². The van der Waals surface area contributed by atoms with Crippen molar-refractivity contribution in [2.45, 2.75) is 51.4 Å². The Labute approximate surface area is 139 Å². The van der Waals surface area contributed by atoms with E-state index in [4.69, 9.17) is 4.74 Å². The van der Waals surface area contributed by atoms with Crippen LogP contribution in [0.15, 0.2) is 24.3 Å². The van der Waals surface area contributed by atoms with Gasteiger partial charge >= 0.3 is 35.5 Å². The van der Waals surface area contributed by atoms with Gasteiger partial charge in [0, 0.05) is 0 Å². The van der Waals surface area contributed by atoms with Gasteiger partial charge in [-0.25, -0.2) is 0 Å². The van der Waals surface area contributed by atoms with E-state index < -0.39 is 0 Å². The summed E-state index contributed by atoms with van der Waals surface area (Å²) >= 11 is 0. The molecule has 3 heteroatoms. The number of rotatable bonds is 3. The summed E-state index contributed by atoms with van der Waals surface area (Å²) in [5.41, 5.74) is 1.96. The van der Waals surface area contributed by atoms with Gasteiger partial charge in [-0.2, -0.15) is 0 Å². The molecule has 0 atom stereocenters. The standard InChI is InChI=1S/C16H22O2.Na.H/c1-3-18-15(17)16(10-5-4-6-11-16)14-9-7-8-13(2)12-14;;/h7-9,12H,3-6,10-11H2,1-2H3;;/q;+1;-1. The molecule has 0 aromatic heterocycles. The predicted molar refractivity (Wildman–Crippen MR) is 73.7 cm³/mol. The van der Waals surface area contributed by atoms with Crippen molar-refractivity contribution in [1.29, 1.82) is 0 Å². The molecule has 1 aliphatic carbocycles. The molecule has 0 aliphatic heterocycles. The third-order valence-corrected chi connectivity index (χ3v) is 3.94. The Bertz CT molecular complexity index is 428. The molecule has 2 rings (SSSR count). The molecule has 1 fully saturated rings.